The van der Waals surface area contributed by atoms with E-state index in [1.165, 1.54) is 39.3 Å². The first-order valence-electron chi connectivity index (χ1n) is 9.93. The molecule has 0 N–H and O–H groups in total. The molecule has 3 saturated heterocycles. The molecular weight excluding hydrogens is 318 g/mol. The van der Waals surface area contributed by atoms with Gasteiger partial charge in [0, 0.05) is 98.6 Å². The fourth-order valence-electron chi connectivity index (χ4n) is 3.91. The van der Waals surface area contributed by atoms with Crippen molar-refractivity contribution in [2.75, 3.05) is 105 Å². The van der Waals surface area contributed by atoms with Crippen LogP contribution in [0.5, 0.6) is 0 Å². The van der Waals surface area contributed by atoms with E-state index in [2.05, 4.69) is 19.6 Å². The third kappa shape index (κ3) is 6.18. The number of amides is 1. The lowest BCUT2D eigenvalue weighted by molar-refractivity contribution is -0.130. The minimum absolute atomic E-state index is 0.216. The molecule has 0 aromatic heterocycles. The van der Waals surface area contributed by atoms with Crippen LogP contribution in [0.4, 0.5) is 0 Å². The highest BCUT2D eigenvalue weighted by Crippen LogP contribution is 2.06. The summed E-state index contributed by atoms with van der Waals surface area (Å²) in [6.45, 7) is 19.0. The van der Waals surface area contributed by atoms with Crippen molar-refractivity contribution < 1.29 is 9.53 Å². The van der Waals surface area contributed by atoms with Crippen LogP contribution in [0, 0.1) is 0 Å². The average Bonchev–Trinajstić information content (AvgIpc) is 2.67. The van der Waals surface area contributed by atoms with Crippen molar-refractivity contribution >= 4 is 5.91 Å². The molecule has 3 aliphatic heterocycles. The van der Waals surface area contributed by atoms with Gasteiger partial charge in [0.15, 0.2) is 0 Å². The van der Waals surface area contributed by atoms with Crippen LogP contribution < -0.4 is 0 Å². The van der Waals surface area contributed by atoms with Crippen LogP contribution in [0.2, 0.25) is 0 Å². The van der Waals surface area contributed by atoms with Crippen LogP contribution in [0.15, 0.2) is 0 Å². The first kappa shape index (κ1) is 19.0. The maximum absolute atomic E-state index is 11.4. The third-order valence-electron chi connectivity index (χ3n) is 5.85. The van der Waals surface area contributed by atoms with Crippen molar-refractivity contribution in [1.82, 2.24) is 24.5 Å². The molecule has 0 aromatic carbocycles. The van der Waals surface area contributed by atoms with E-state index >= 15 is 0 Å². The summed E-state index contributed by atoms with van der Waals surface area (Å²) < 4.78 is 5.41. The summed E-state index contributed by atoms with van der Waals surface area (Å²) in [6, 6.07) is 0. The molecule has 0 saturated carbocycles. The number of hydrogen-bond acceptors (Lipinski definition) is 6. The minimum atomic E-state index is 0.216. The maximum atomic E-state index is 11.4. The SMILES string of the molecule is CC(=O)N1CCN(CCN2CCN(CCN3CCOCC3)CC2)CC1. The number of carbonyl (C=O) groups excluding carboxylic acids is 1. The van der Waals surface area contributed by atoms with Crippen molar-refractivity contribution in [2.45, 2.75) is 6.92 Å². The summed E-state index contributed by atoms with van der Waals surface area (Å²) in [5, 5.41) is 0. The summed E-state index contributed by atoms with van der Waals surface area (Å²) in [6.07, 6.45) is 0. The molecule has 0 aliphatic carbocycles. The first-order valence-corrected chi connectivity index (χ1v) is 9.93. The first-order chi connectivity index (χ1) is 12.2. The molecule has 0 atom stereocenters. The number of morpholine rings is 1. The van der Waals surface area contributed by atoms with Crippen molar-refractivity contribution in [3.8, 4) is 0 Å². The summed E-state index contributed by atoms with van der Waals surface area (Å²) in [5.74, 6) is 0.216. The lowest BCUT2D eigenvalue weighted by Gasteiger charge is -2.38. The predicted octanol–water partition coefficient (Wildman–Crippen LogP) is -0.900. The van der Waals surface area contributed by atoms with Crippen LogP contribution in [-0.4, -0.2) is 135 Å². The van der Waals surface area contributed by atoms with E-state index in [-0.39, 0.29) is 5.91 Å². The molecule has 3 aliphatic rings. The molecule has 3 heterocycles. The van der Waals surface area contributed by atoms with Gasteiger partial charge in [-0.3, -0.25) is 24.4 Å². The van der Waals surface area contributed by atoms with Gasteiger partial charge >= 0.3 is 0 Å². The Labute approximate surface area is 152 Å². The van der Waals surface area contributed by atoms with Gasteiger partial charge in [-0.05, 0) is 0 Å². The Morgan fingerprint density at radius 2 is 1.00 bits per heavy atom. The second-order valence-corrected chi connectivity index (χ2v) is 7.49. The summed E-state index contributed by atoms with van der Waals surface area (Å²) in [4.78, 5) is 23.6. The predicted molar refractivity (Wildman–Crippen MR) is 98.8 cm³/mol. The maximum Gasteiger partial charge on any atom is 0.219 e. The second-order valence-electron chi connectivity index (χ2n) is 7.49. The fraction of sp³-hybridized carbons (Fsp3) is 0.944. The molecular formula is C18H35N5O2. The Kier molecular flexibility index (Phi) is 7.49. The van der Waals surface area contributed by atoms with Gasteiger partial charge in [0.2, 0.25) is 5.91 Å². The molecule has 0 unspecified atom stereocenters. The Morgan fingerprint density at radius 3 is 1.40 bits per heavy atom. The Morgan fingerprint density at radius 1 is 0.640 bits per heavy atom. The van der Waals surface area contributed by atoms with Gasteiger partial charge in [0.05, 0.1) is 13.2 Å². The highest BCUT2D eigenvalue weighted by molar-refractivity contribution is 5.73. The zero-order valence-corrected chi connectivity index (χ0v) is 15.9. The number of nitrogens with zero attached hydrogens (tertiary/aromatic N) is 5. The molecule has 7 heteroatoms. The molecule has 0 spiro atoms. The van der Waals surface area contributed by atoms with Crippen LogP contribution in [0.3, 0.4) is 0 Å². The van der Waals surface area contributed by atoms with Crippen LogP contribution in [-0.2, 0) is 9.53 Å². The van der Waals surface area contributed by atoms with E-state index in [1.807, 2.05) is 4.90 Å². The van der Waals surface area contributed by atoms with Gasteiger partial charge in [0.25, 0.3) is 0 Å². The number of hydrogen-bond donors (Lipinski definition) is 0. The van der Waals surface area contributed by atoms with Gasteiger partial charge in [-0.25, -0.2) is 0 Å². The number of rotatable bonds is 6. The molecule has 0 bridgehead atoms. The Bertz CT molecular complexity index is 400. The quantitative estimate of drug-likeness (QED) is 0.617. The largest absolute Gasteiger partial charge is 0.379 e. The van der Waals surface area contributed by atoms with Crippen molar-refractivity contribution in [1.29, 1.82) is 0 Å². The van der Waals surface area contributed by atoms with Crippen LogP contribution in [0.1, 0.15) is 6.92 Å². The van der Waals surface area contributed by atoms with E-state index in [1.54, 1.807) is 6.92 Å². The third-order valence-corrected chi connectivity index (χ3v) is 5.85. The van der Waals surface area contributed by atoms with Crippen LogP contribution in [0.25, 0.3) is 0 Å². The molecule has 3 rings (SSSR count). The van der Waals surface area contributed by atoms with E-state index in [0.717, 1.165) is 65.6 Å². The minimum Gasteiger partial charge on any atom is -0.379 e. The molecule has 7 nitrogen and oxygen atoms in total. The smallest absolute Gasteiger partial charge is 0.219 e. The highest BCUT2D eigenvalue weighted by Gasteiger charge is 2.21. The number of carbonyl (C=O) groups is 1. The van der Waals surface area contributed by atoms with Gasteiger partial charge < -0.3 is 9.64 Å². The van der Waals surface area contributed by atoms with E-state index in [9.17, 15) is 4.79 Å². The highest BCUT2D eigenvalue weighted by atomic mass is 16.5. The number of ether oxygens (including phenoxy) is 1. The van der Waals surface area contributed by atoms with Crippen molar-refractivity contribution in [2.24, 2.45) is 0 Å². The average molecular weight is 354 g/mol. The summed E-state index contributed by atoms with van der Waals surface area (Å²) >= 11 is 0. The number of piperazine rings is 2. The van der Waals surface area contributed by atoms with Crippen molar-refractivity contribution in [3.63, 3.8) is 0 Å². The van der Waals surface area contributed by atoms with Gasteiger partial charge in [-0.1, -0.05) is 0 Å². The van der Waals surface area contributed by atoms with E-state index < -0.39 is 0 Å². The molecule has 25 heavy (non-hydrogen) atoms. The Hall–Kier alpha value is -0.730. The van der Waals surface area contributed by atoms with E-state index in [0.29, 0.717) is 0 Å². The van der Waals surface area contributed by atoms with Gasteiger partial charge in [-0.15, -0.1) is 0 Å². The normalized spacial score (nSPS) is 25.4. The molecule has 1 amide bonds. The zero-order chi connectivity index (χ0) is 17.5. The lowest BCUT2D eigenvalue weighted by Crippen LogP contribution is -2.52. The summed E-state index contributed by atoms with van der Waals surface area (Å²) in [5.41, 5.74) is 0. The topological polar surface area (TPSA) is 42.5 Å². The van der Waals surface area contributed by atoms with Crippen LogP contribution >= 0.6 is 0 Å². The van der Waals surface area contributed by atoms with Crippen molar-refractivity contribution in [3.05, 3.63) is 0 Å². The van der Waals surface area contributed by atoms with Gasteiger partial charge in [-0.2, -0.15) is 0 Å². The molecule has 0 radical (unpaired) electrons. The fourth-order valence-corrected chi connectivity index (χ4v) is 3.91. The second kappa shape index (κ2) is 9.83. The summed E-state index contributed by atoms with van der Waals surface area (Å²) in [7, 11) is 0. The molecule has 144 valence electrons. The standard InChI is InChI=1S/C18H35N5O2/c1-18(24)23-12-10-21(11-13-23)7-6-19-2-4-20(5-3-19)8-9-22-14-16-25-17-15-22/h2-17H2,1H3. The van der Waals surface area contributed by atoms with Gasteiger partial charge in [0.1, 0.15) is 0 Å². The zero-order valence-electron chi connectivity index (χ0n) is 15.9. The van der Waals surface area contributed by atoms with E-state index in [4.69, 9.17) is 4.74 Å². The molecule has 0 aromatic rings. The Balaban J connectivity index is 1.25. The molecule has 3 fully saturated rings. The lowest BCUT2D eigenvalue weighted by atomic mass is 10.2. The monoisotopic (exact) mass is 353 g/mol.